The van der Waals surface area contributed by atoms with E-state index < -0.39 is 0 Å². The van der Waals surface area contributed by atoms with Crippen molar-refractivity contribution in [2.75, 3.05) is 13.1 Å². The van der Waals surface area contributed by atoms with Gasteiger partial charge in [0.1, 0.15) is 0 Å². The second kappa shape index (κ2) is 11.0. The first-order valence-corrected chi connectivity index (χ1v) is 12.5. The molecule has 180 valence electrons. The van der Waals surface area contributed by atoms with Gasteiger partial charge >= 0.3 is 0 Å². The molecule has 2 aliphatic rings. The number of amides is 3. The Balaban J connectivity index is 1.38. The predicted octanol–water partition coefficient (Wildman–Crippen LogP) is 4.36. The maximum absolute atomic E-state index is 13.2. The first kappa shape index (κ1) is 24.3. The highest BCUT2D eigenvalue weighted by Crippen LogP contribution is 2.24. The molecule has 3 atom stereocenters. The fraction of sp³-hybridized carbons (Fsp3) is 0.444. The number of carbonyl (C=O) groups excluding carboxylic acids is 3. The molecule has 0 bridgehead atoms. The van der Waals surface area contributed by atoms with Gasteiger partial charge in [-0.2, -0.15) is 0 Å². The molecule has 2 unspecified atom stereocenters. The number of hydrogen-bond donors (Lipinski definition) is 2. The highest BCUT2D eigenvalue weighted by atomic mass is 35.5. The lowest BCUT2D eigenvalue weighted by Gasteiger charge is -2.36. The highest BCUT2D eigenvalue weighted by Gasteiger charge is 2.33. The third kappa shape index (κ3) is 5.61. The molecular formula is C27H32ClN3O3. The number of likely N-dealkylation sites (tertiary alicyclic amines) is 1. The van der Waals surface area contributed by atoms with Crippen molar-refractivity contribution in [2.24, 2.45) is 5.92 Å². The van der Waals surface area contributed by atoms with Gasteiger partial charge in [0.15, 0.2) is 0 Å². The molecule has 2 aromatic carbocycles. The average Bonchev–Trinajstić information content (AvgIpc) is 2.85. The summed E-state index contributed by atoms with van der Waals surface area (Å²) in [4.78, 5) is 40.8. The minimum Gasteiger partial charge on any atom is -0.351 e. The number of nitrogens with one attached hydrogen (secondary N) is 2. The van der Waals surface area contributed by atoms with Crippen molar-refractivity contribution < 1.29 is 14.4 Å². The fourth-order valence-electron chi connectivity index (χ4n) is 5.03. The molecule has 34 heavy (non-hydrogen) atoms. The van der Waals surface area contributed by atoms with Gasteiger partial charge in [0.25, 0.3) is 11.8 Å². The van der Waals surface area contributed by atoms with Gasteiger partial charge < -0.3 is 15.5 Å². The lowest BCUT2D eigenvalue weighted by molar-refractivity contribution is -0.127. The standard InChI is InChI=1S/C27H32ClN3O3/c1-18-9-2-3-11-20(18)26(33)30-24-15-7-6-14-23(24)29-25(32)19-10-8-16-31(17-19)27(34)21-12-4-5-13-22(21)28/h2-5,9,11-13,19,23-24H,6-8,10,14-17H2,1H3,(H,29,32)(H,30,33)/t19?,23?,24-/m1/s1. The van der Waals surface area contributed by atoms with E-state index in [0.717, 1.165) is 44.1 Å². The molecule has 3 amide bonds. The number of hydrogen-bond acceptors (Lipinski definition) is 3. The summed E-state index contributed by atoms with van der Waals surface area (Å²) < 4.78 is 0. The van der Waals surface area contributed by atoms with Crippen LogP contribution in [-0.4, -0.2) is 47.8 Å². The largest absolute Gasteiger partial charge is 0.351 e. The van der Waals surface area contributed by atoms with Crippen LogP contribution in [0.4, 0.5) is 0 Å². The van der Waals surface area contributed by atoms with Crippen molar-refractivity contribution >= 4 is 29.3 Å². The molecule has 4 rings (SSSR count). The molecule has 0 spiro atoms. The summed E-state index contributed by atoms with van der Waals surface area (Å²) in [7, 11) is 0. The molecule has 7 heteroatoms. The van der Waals surface area contributed by atoms with Crippen LogP contribution in [0, 0.1) is 12.8 Å². The summed E-state index contributed by atoms with van der Waals surface area (Å²) in [6.45, 7) is 2.92. The monoisotopic (exact) mass is 481 g/mol. The number of benzene rings is 2. The SMILES string of the molecule is Cc1ccccc1C(=O)N[C@@H]1CCCCC1NC(=O)C1CCCN(C(=O)c2ccccc2Cl)C1. The van der Waals surface area contributed by atoms with Gasteiger partial charge in [0, 0.05) is 30.7 Å². The van der Waals surface area contributed by atoms with Crippen LogP contribution in [0.15, 0.2) is 48.5 Å². The first-order valence-electron chi connectivity index (χ1n) is 12.1. The molecule has 0 radical (unpaired) electrons. The van der Waals surface area contributed by atoms with Crippen molar-refractivity contribution in [3.05, 3.63) is 70.2 Å². The van der Waals surface area contributed by atoms with Gasteiger partial charge in [0.2, 0.25) is 5.91 Å². The van der Waals surface area contributed by atoms with Crippen LogP contribution in [0.25, 0.3) is 0 Å². The molecule has 6 nitrogen and oxygen atoms in total. The lowest BCUT2D eigenvalue weighted by atomic mass is 9.88. The average molecular weight is 482 g/mol. The lowest BCUT2D eigenvalue weighted by Crippen LogP contribution is -2.55. The Kier molecular flexibility index (Phi) is 7.88. The van der Waals surface area contributed by atoms with Crippen LogP contribution < -0.4 is 10.6 Å². The molecular weight excluding hydrogens is 450 g/mol. The summed E-state index contributed by atoms with van der Waals surface area (Å²) in [5.74, 6) is -0.545. The van der Waals surface area contributed by atoms with Crippen molar-refractivity contribution in [3.63, 3.8) is 0 Å². The minimum absolute atomic E-state index is 0.0429. The van der Waals surface area contributed by atoms with Crippen LogP contribution in [0.5, 0.6) is 0 Å². The van der Waals surface area contributed by atoms with E-state index in [4.69, 9.17) is 11.6 Å². The van der Waals surface area contributed by atoms with Gasteiger partial charge in [-0.15, -0.1) is 0 Å². The van der Waals surface area contributed by atoms with Gasteiger partial charge in [-0.1, -0.05) is 54.8 Å². The van der Waals surface area contributed by atoms with E-state index in [1.807, 2.05) is 31.2 Å². The zero-order valence-corrected chi connectivity index (χ0v) is 20.3. The van der Waals surface area contributed by atoms with Crippen LogP contribution in [-0.2, 0) is 4.79 Å². The molecule has 1 aliphatic carbocycles. The second-order valence-corrected chi connectivity index (χ2v) is 9.77. The van der Waals surface area contributed by atoms with Crippen molar-refractivity contribution in [1.29, 1.82) is 0 Å². The molecule has 1 saturated carbocycles. The van der Waals surface area contributed by atoms with Gasteiger partial charge in [-0.3, -0.25) is 14.4 Å². The Bertz CT molecular complexity index is 1060. The Labute approximate surface area is 206 Å². The number of aryl methyl sites for hydroxylation is 1. The maximum Gasteiger partial charge on any atom is 0.255 e. The first-order chi connectivity index (χ1) is 16.4. The Morgan fingerprint density at radius 3 is 2.21 bits per heavy atom. The third-order valence-electron chi connectivity index (χ3n) is 6.98. The quantitative estimate of drug-likeness (QED) is 0.666. The molecule has 1 saturated heterocycles. The van der Waals surface area contributed by atoms with Gasteiger partial charge in [-0.05, 0) is 56.4 Å². The topological polar surface area (TPSA) is 78.5 Å². The zero-order chi connectivity index (χ0) is 24.1. The van der Waals surface area contributed by atoms with Gasteiger partial charge in [0.05, 0.1) is 16.5 Å². The number of rotatable bonds is 5. The van der Waals surface area contributed by atoms with Crippen LogP contribution >= 0.6 is 11.6 Å². The molecule has 2 fully saturated rings. The van der Waals surface area contributed by atoms with Crippen LogP contribution in [0.2, 0.25) is 5.02 Å². The summed E-state index contributed by atoms with van der Waals surface area (Å²) in [6, 6.07) is 14.3. The molecule has 0 aromatic heterocycles. The smallest absolute Gasteiger partial charge is 0.255 e. The normalized spacial score (nSPS) is 22.6. The molecule has 2 aromatic rings. The van der Waals surface area contributed by atoms with Crippen LogP contribution in [0.3, 0.4) is 0 Å². The summed E-state index contributed by atoms with van der Waals surface area (Å²) in [5, 5.41) is 6.78. The number of piperidine rings is 1. The van der Waals surface area contributed by atoms with E-state index in [0.29, 0.717) is 29.2 Å². The van der Waals surface area contributed by atoms with E-state index in [9.17, 15) is 14.4 Å². The Hall–Kier alpha value is -2.86. The Morgan fingerprint density at radius 2 is 1.50 bits per heavy atom. The number of carbonyl (C=O) groups is 3. The summed E-state index contributed by atoms with van der Waals surface area (Å²) >= 11 is 6.22. The number of nitrogens with zero attached hydrogens (tertiary/aromatic N) is 1. The fourth-order valence-corrected chi connectivity index (χ4v) is 5.25. The van der Waals surface area contributed by atoms with E-state index in [1.165, 1.54) is 0 Å². The van der Waals surface area contributed by atoms with Crippen LogP contribution in [0.1, 0.15) is 64.8 Å². The second-order valence-electron chi connectivity index (χ2n) is 9.36. The Morgan fingerprint density at radius 1 is 0.853 bits per heavy atom. The third-order valence-corrected chi connectivity index (χ3v) is 7.31. The number of halogens is 1. The summed E-state index contributed by atoms with van der Waals surface area (Å²) in [6.07, 6.45) is 5.22. The van der Waals surface area contributed by atoms with E-state index >= 15 is 0 Å². The van der Waals surface area contributed by atoms with Gasteiger partial charge in [-0.25, -0.2) is 0 Å². The van der Waals surface area contributed by atoms with Crippen molar-refractivity contribution in [1.82, 2.24) is 15.5 Å². The minimum atomic E-state index is -0.269. The van der Waals surface area contributed by atoms with E-state index in [-0.39, 0.29) is 35.7 Å². The van der Waals surface area contributed by atoms with E-state index in [1.54, 1.807) is 29.2 Å². The zero-order valence-electron chi connectivity index (χ0n) is 19.6. The maximum atomic E-state index is 13.2. The molecule has 2 N–H and O–H groups in total. The molecule has 1 heterocycles. The predicted molar refractivity (Wildman–Crippen MR) is 133 cm³/mol. The molecule has 1 aliphatic heterocycles. The summed E-state index contributed by atoms with van der Waals surface area (Å²) in [5.41, 5.74) is 2.07. The van der Waals surface area contributed by atoms with Crippen molar-refractivity contribution in [2.45, 2.75) is 57.5 Å². The highest BCUT2D eigenvalue weighted by molar-refractivity contribution is 6.33. The van der Waals surface area contributed by atoms with Crippen molar-refractivity contribution in [3.8, 4) is 0 Å². The van der Waals surface area contributed by atoms with E-state index in [2.05, 4.69) is 10.6 Å².